The molecule has 2 nitrogen and oxygen atoms in total. The molecule has 10 aromatic rings. The summed E-state index contributed by atoms with van der Waals surface area (Å²) in [5.41, 5.74) is 7.40. The van der Waals surface area contributed by atoms with E-state index < -0.39 is 0 Å². The zero-order chi connectivity index (χ0) is 28.1. The van der Waals surface area contributed by atoms with Crippen molar-refractivity contribution >= 4 is 86.0 Å². The summed E-state index contributed by atoms with van der Waals surface area (Å²) >= 11 is 1.88. The molecule has 0 aliphatic carbocycles. The Kier molecular flexibility index (Phi) is 4.63. The number of fused-ring (bicyclic) bond motifs is 10. The Morgan fingerprint density at radius 2 is 1.05 bits per heavy atom. The molecule has 3 heterocycles. The number of benzene rings is 7. The van der Waals surface area contributed by atoms with Gasteiger partial charge >= 0.3 is 0 Å². The van der Waals surface area contributed by atoms with Crippen molar-refractivity contribution in [2.24, 2.45) is 0 Å². The number of hydrogen-bond donors (Lipinski definition) is 0. The van der Waals surface area contributed by atoms with Crippen molar-refractivity contribution in [1.82, 2.24) is 0 Å². The molecule has 0 radical (unpaired) electrons. The second-order valence-corrected chi connectivity index (χ2v) is 12.2. The van der Waals surface area contributed by atoms with E-state index in [9.17, 15) is 0 Å². The van der Waals surface area contributed by atoms with Crippen LogP contribution in [0.3, 0.4) is 0 Å². The van der Waals surface area contributed by atoms with Crippen molar-refractivity contribution in [2.75, 3.05) is 0 Å². The summed E-state index contributed by atoms with van der Waals surface area (Å²) in [5, 5.41) is 10.8. The van der Waals surface area contributed by atoms with Crippen molar-refractivity contribution in [3.05, 3.63) is 134 Å². The van der Waals surface area contributed by atoms with Gasteiger partial charge in [-0.15, -0.1) is 11.3 Å². The molecule has 3 heteroatoms. The Labute approximate surface area is 250 Å². The van der Waals surface area contributed by atoms with Crippen molar-refractivity contribution in [1.29, 1.82) is 0 Å². The van der Waals surface area contributed by atoms with Gasteiger partial charge in [0.15, 0.2) is 0 Å². The van der Waals surface area contributed by atoms with Gasteiger partial charge in [-0.2, -0.15) is 0 Å². The Bertz CT molecular complexity index is 2680. The van der Waals surface area contributed by atoms with Crippen LogP contribution in [-0.2, 0) is 0 Å². The average molecular weight is 567 g/mol. The molecular formula is C40H22O2S. The van der Waals surface area contributed by atoms with Gasteiger partial charge in [-0.25, -0.2) is 0 Å². The molecule has 0 bridgehead atoms. The van der Waals surface area contributed by atoms with Gasteiger partial charge in [-0.1, -0.05) is 103 Å². The highest BCUT2D eigenvalue weighted by Gasteiger charge is 2.23. The minimum Gasteiger partial charge on any atom is -0.464 e. The van der Waals surface area contributed by atoms with E-state index in [0.717, 1.165) is 38.5 Å². The predicted molar refractivity (Wildman–Crippen MR) is 182 cm³/mol. The monoisotopic (exact) mass is 566 g/mol. The molecule has 0 fully saturated rings. The standard InChI is InChI=1S/C40H22O2S/c1-3-13-26-24(11-1)36(31-17-9-16-28-23-10-6-8-19-35(23)43-40(28)31)25-12-2-4-14-27(25)37(26)32-22-34-38(30-20-21-41-39(30)32)29-15-5-7-18-33(29)42-34/h1-22H. The largest absolute Gasteiger partial charge is 0.464 e. The van der Waals surface area contributed by atoms with Crippen LogP contribution in [-0.4, -0.2) is 0 Å². The number of thiophene rings is 1. The number of furan rings is 2. The molecule has 10 rings (SSSR count). The van der Waals surface area contributed by atoms with Gasteiger partial charge < -0.3 is 8.83 Å². The van der Waals surface area contributed by atoms with Crippen molar-refractivity contribution in [3.63, 3.8) is 0 Å². The van der Waals surface area contributed by atoms with Crippen molar-refractivity contribution in [3.8, 4) is 22.3 Å². The van der Waals surface area contributed by atoms with E-state index in [-0.39, 0.29) is 0 Å². The van der Waals surface area contributed by atoms with Crippen LogP contribution < -0.4 is 0 Å². The molecule has 0 saturated heterocycles. The topological polar surface area (TPSA) is 26.3 Å². The zero-order valence-corrected chi connectivity index (χ0v) is 23.7. The first-order valence-electron chi connectivity index (χ1n) is 14.5. The summed E-state index contributed by atoms with van der Waals surface area (Å²) in [5.74, 6) is 0. The molecule has 0 atom stereocenters. The summed E-state index contributed by atoms with van der Waals surface area (Å²) in [6, 6.07) is 45.6. The van der Waals surface area contributed by atoms with Crippen LogP contribution in [0.2, 0.25) is 0 Å². The molecule has 200 valence electrons. The second-order valence-electron chi connectivity index (χ2n) is 11.2. The third-order valence-electron chi connectivity index (χ3n) is 8.95. The summed E-state index contributed by atoms with van der Waals surface area (Å²) in [6.45, 7) is 0. The van der Waals surface area contributed by atoms with Crippen molar-refractivity contribution < 1.29 is 8.83 Å². The molecule has 0 saturated carbocycles. The highest BCUT2D eigenvalue weighted by molar-refractivity contribution is 7.26. The highest BCUT2D eigenvalue weighted by atomic mass is 32.1. The smallest absolute Gasteiger partial charge is 0.142 e. The fourth-order valence-electron chi connectivity index (χ4n) is 7.19. The number of rotatable bonds is 2. The van der Waals surface area contributed by atoms with Gasteiger partial charge in [0.05, 0.1) is 6.26 Å². The van der Waals surface area contributed by atoms with Crippen LogP contribution in [0.5, 0.6) is 0 Å². The average Bonchev–Trinajstić information content (AvgIpc) is 3.78. The van der Waals surface area contributed by atoms with Crippen molar-refractivity contribution in [2.45, 2.75) is 0 Å². The van der Waals surface area contributed by atoms with Gasteiger partial charge in [-0.05, 0) is 51.4 Å². The molecule has 43 heavy (non-hydrogen) atoms. The first-order valence-corrected chi connectivity index (χ1v) is 15.3. The Balaban J connectivity index is 1.38. The second kappa shape index (κ2) is 8.57. The first kappa shape index (κ1) is 23.2. The molecule has 0 aliphatic rings. The summed E-state index contributed by atoms with van der Waals surface area (Å²) < 4.78 is 15.4. The van der Waals surface area contributed by atoms with Crippen LogP contribution >= 0.6 is 11.3 Å². The SMILES string of the molecule is c1ccc2c(c1)oc1cc(-c3c4ccccc4c(-c4cccc5c4sc4ccccc45)c4ccccc34)c3occc3c12. The summed E-state index contributed by atoms with van der Waals surface area (Å²) in [6.07, 6.45) is 1.80. The normalized spacial score (nSPS) is 12.2. The van der Waals surface area contributed by atoms with E-state index >= 15 is 0 Å². The lowest BCUT2D eigenvalue weighted by atomic mass is 9.85. The lowest BCUT2D eigenvalue weighted by molar-refractivity contribution is 0.616. The predicted octanol–water partition coefficient (Wildman–Crippen LogP) is 12.3. The first-order chi connectivity index (χ1) is 21.3. The van der Waals surface area contributed by atoms with E-state index in [2.05, 4.69) is 115 Å². The number of para-hydroxylation sites is 1. The van der Waals surface area contributed by atoms with Gasteiger partial charge in [0.1, 0.15) is 16.7 Å². The zero-order valence-electron chi connectivity index (χ0n) is 22.9. The molecule has 0 amide bonds. The Hall–Kier alpha value is -5.38. The quantitative estimate of drug-likeness (QED) is 0.195. The van der Waals surface area contributed by atoms with Gasteiger partial charge in [0.2, 0.25) is 0 Å². The molecule has 3 aromatic heterocycles. The fraction of sp³-hybridized carbons (Fsp3) is 0. The minimum atomic E-state index is 0.873. The molecule has 7 aromatic carbocycles. The lowest BCUT2D eigenvalue weighted by Crippen LogP contribution is -1.91. The molecule has 0 N–H and O–H groups in total. The highest BCUT2D eigenvalue weighted by Crippen LogP contribution is 2.50. The molecule has 0 aliphatic heterocycles. The molecule has 0 unspecified atom stereocenters. The maximum Gasteiger partial charge on any atom is 0.142 e. The molecule has 0 spiro atoms. The third-order valence-corrected chi connectivity index (χ3v) is 10.2. The number of hydrogen-bond acceptors (Lipinski definition) is 3. The third kappa shape index (κ3) is 3.12. The van der Waals surface area contributed by atoms with E-state index in [1.165, 1.54) is 58.4 Å². The minimum absolute atomic E-state index is 0.873. The van der Waals surface area contributed by atoms with Crippen LogP contribution in [0.4, 0.5) is 0 Å². The van der Waals surface area contributed by atoms with E-state index in [0.29, 0.717) is 0 Å². The summed E-state index contributed by atoms with van der Waals surface area (Å²) in [7, 11) is 0. The van der Waals surface area contributed by atoms with E-state index in [1.807, 2.05) is 23.5 Å². The van der Waals surface area contributed by atoms with Gasteiger partial charge in [0, 0.05) is 53.0 Å². The van der Waals surface area contributed by atoms with Crippen LogP contribution in [0.25, 0.3) is 96.9 Å². The molecular weight excluding hydrogens is 545 g/mol. The van der Waals surface area contributed by atoms with Gasteiger partial charge in [0.25, 0.3) is 0 Å². The Morgan fingerprint density at radius 3 is 1.79 bits per heavy atom. The van der Waals surface area contributed by atoms with Gasteiger partial charge in [-0.3, -0.25) is 0 Å². The van der Waals surface area contributed by atoms with E-state index in [1.54, 1.807) is 6.26 Å². The van der Waals surface area contributed by atoms with Crippen LogP contribution in [0, 0.1) is 0 Å². The van der Waals surface area contributed by atoms with E-state index in [4.69, 9.17) is 8.83 Å². The lowest BCUT2D eigenvalue weighted by Gasteiger charge is -2.18. The maximum atomic E-state index is 6.45. The van der Waals surface area contributed by atoms with Crippen LogP contribution in [0.15, 0.2) is 142 Å². The fourth-order valence-corrected chi connectivity index (χ4v) is 8.42. The Morgan fingerprint density at radius 1 is 0.442 bits per heavy atom. The summed E-state index contributed by atoms with van der Waals surface area (Å²) in [4.78, 5) is 0. The van der Waals surface area contributed by atoms with Crippen LogP contribution in [0.1, 0.15) is 0 Å². The maximum absolute atomic E-state index is 6.45.